The number of hydrogen-bond acceptors (Lipinski definition) is 4. The third-order valence-electron chi connectivity index (χ3n) is 4.64. The maximum absolute atomic E-state index is 12.6. The van der Waals surface area contributed by atoms with Crippen LogP contribution in [0.4, 0.5) is 18.9 Å². The van der Waals surface area contributed by atoms with E-state index in [1.807, 2.05) is 0 Å². The summed E-state index contributed by atoms with van der Waals surface area (Å²) < 4.78 is 42.8. The molecule has 1 aliphatic heterocycles. The van der Waals surface area contributed by atoms with Crippen LogP contribution in [0.15, 0.2) is 10.9 Å². The van der Waals surface area contributed by atoms with Gasteiger partial charge in [0.25, 0.3) is 5.56 Å². The van der Waals surface area contributed by atoms with E-state index in [1.54, 1.807) is 12.2 Å². The predicted octanol–water partition coefficient (Wildman–Crippen LogP) is 3.39. The van der Waals surface area contributed by atoms with E-state index in [1.165, 1.54) is 18.1 Å². The van der Waals surface area contributed by atoms with Crippen LogP contribution in [0, 0.1) is 0 Å². The Morgan fingerprint density at radius 1 is 1.34 bits per heavy atom. The molecule has 0 bridgehead atoms. The Kier molecular flexibility index (Phi) is 5.54. The molecule has 0 radical (unpaired) electrons. The number of aromatic amines is 1. The van der Waals surface area contributed by atoms with E-state index in [4.69, 9.17) is 27.9 Å². The van der Waals surface area contributed by atoms with E-state index < -0.39 is 23.7 Å². The van der Waals surface area contributed by atoms with Crippen LogP contribution in [0.1, 0.15) is 24.1 Å². The van der Waals surface area contributed by atoms with Crippen LogP contribution in [0.2, 0.25) is 10.0 Å². The van der Waals surface area contributed by atoms with Crippen molar-refractivity contribution in [3.63, 3.8) is 0 Å². The van der Waals surface area contributed by atoms with Gasteiger partial charge in [-0.2, -0.15) is 13.2 Å². The Labute approximate surface area is 171 Å². The minimum absolute atomic E-state index is 0.00550. The van der Waals surface area contributed by atoms with Gasteiger partial charge in [-0.15, -0.1) is 0 Å². The summed E-state index contributed by atoms with van der Waals surface area (Å²) in [6.07, 6.45) is -5.13. The molecule has 12 heteroatoms. The number of benzene rings is 1. The van der Waals surface area contributed by atoms with Gasteiger partial charge >= 0.3 is 12.1 Å². The molecule has 2 heterocycles. The molecule has 1 aromatic carbocycles. The maximum atomic E-state index is 12.6. The summed E-state index contributed by atoms with van der Waals surface area (Å²) in [4.78, 5) is 40.1. The first-order chi connectivity index (χ1) is 13.5. The molecule has 3 rings (SSSR count). The van der Waals surface area contributed by atoms with Gasteiger partial charge in [-0.05, 0) is 18.6 Å². The molecular formula is C17H14Cl2F3N3O4. The normalized spacial score (nSPS) is 16.2. The van der Waals surface area contributed by atoms with Crippen LogP contribution in [-0.4, -0.2) is 41.6 Å². The van der Waals surface area contributed by atoms with Gasteiger partial charge in [-0.1, -0.05) is 23.2 Å². The molecule has 0 unspecified atom stereocenters. The Bertz CT molecular complexity index is 1080. The van der Waals surface area contributed by atoms with Crippen LogP contribution >= 0.6 is 23.2 Å². The molecule has 1 aromatic heterocycles. The standard InChI is InChI=1S/C17H14Cl2F3N3O4/c1-6-11-7-3-9(23-16(28)17(20,21)22)12(18)13(19)14(7)24-15(27)8(11)4-25(6)10(26)5-29-2/h3,6H,4-5H2,1-2H3,(H,23,28)(H,24,27)/t6-/m0/s1. The first kappa shape index (κ1) is 21.4. The van der Waals surface area contributed by atoms with Gasteiger partial charge < -0.3 is 19.9 Å². The third-order valence-corrected chi connectivity index (χ3v) is 5.51. The fraction of sp³-hybridized carbons (Fsp3) is 0.353. The highest BCUT2D eigenvalue weighted by Gasteiger charge is 2.40. The number of fused-ring (bicyclic) bond motifs is 3. The molecule has 0 spiro atoms. The van der Waals surface area contributed by atoms with Crippen molar-refractivity contribution in [2.24, 2.45) is 0 Å². The van der Waals surface area contributed by atoms with Crippen molar-refractivity contribution in [1.29, 1.82) is 0 Å². The van der Waals surface area contributed by atoms with Crippen LogP contribution in [0.5, 0.6) is 0 Å². The number of ether oxygens (including phenoxy) is 1. The lowest BCUT2D eigenvalue weighted by Crippen LogP contribution is -2.31. The Balaban J connectivity index is 2.19. The minimum atomic E-state index is -5.13. The van der Waals surface area contributed by atoms with Crippen LogP contribution < -0.4 is 10.9 Å². The Morgan fingerprint density at radius 3 is 2.59 bits per heavy atom. The third kappa shape index (κ3) is 3.67. The number of aromatic nitrogens is 1. The Morgan fingerprint density at radius 2 is 2.00 bits per heavy atom. The van der Waals surface area contributed by atoms with Gasteiger partial charge in [0, 0.05) is 18.1 Å². The van der Waals surface area contributed by atoms with Crippen molar-refractivity contribution >= 4 is 51.6 Å². The average Bonchev–Trinajstić information content (AvgIpc) is 2.98. The topological polar surface area (TPSA) is 91.5 Å². The highest BCUT2D eigenvalue weighted by atomic mass is 35.5. The van der Waals surface area contributed by atoms with Crippen LogP contribution in [-0.2, 0) is 20.9 Å². The summed E-state index contributed by atoms with van der Waals surface area (Å²) in [6.45, 7) is 1.46. The molecule has 2 N–H and O–H groups in total. The molecule has 0 aliphatic carbocycles. The lowest BCUT2D eigenvalue weighted by molar-refractivity contribution is -0.167. The summed E-state index contributed by atoms with van der Waals surface area (Å²) in [7, 11) is 1.35. The molecule has 2 amide bonds. The first-order valence-corrected chi connectivity index (χ1v) is 8.96. The number of anilines is 1. The molecule has 1 aliphatic rings. The van der Waals surface area contributed by atoms with Crippen molar-refractivity contribution in [1.82, 2.24) is 9.88 Å². The summed E-state index contributed by atoms with van der Waals surface area (Å²) in [5.41, 5.74) is -0.0970. The quantitative estimate of drug-likeness (QED) is 0.747. The van der Waals surface area contributed by atoms with E-state index in [2.05, 4.69) is 4.98 Å². The zero-order valence-corrected chi connectivity index (χ0v) is 16.6. The summed E-state index contributed by atoms with van der Waals surface area (Å²) in [6, 6.07) is 0.615. The number of methoxy groups -OCH3 is 1. The largest absolute Gasteiger partial charge is 0.471 e. The minimum Gasteiger partial charge on any atom is -0.375 e. The number of rotatable bonds is 3. The molecule has 156 valence electrons. The summed E-state index contributed by atoms with van der Waals surface area (Å²) in [5.74, 6) is -2.59. The second-order valence-corrected chi connectivity index (χ2v) is 7.16. The van der Waals surface area contributed by atoms with Crippen molar-refractivity contribution < 1.29 is 27.5 Å². The number of amides is 2. The van der Waals surface area contributed by atoms with Gasteiger partial charge in [0.05, 0.1) is 33.8 Å². The predicted molar refractivity (Wildman–Crippen MR) is 100 cm³/mol. The van der Waals surface area contributed by atoms with Gasteiger partial charge in [-0.3, -0.25) is 14.4 Å². The molecule has 29 heavy (non-hydrogen) atoms. The second-order valence-electron chi connectivity index (χ2n) is 6.40. The number of halogens is 5. The second kappa shape index (κ2) is 7.51. The molecular weight excluding hydrogens is 438 g/mol. The fourth-order valence-electron chi connectivity index (χ4n) is 3.33. The van der Waals surface area contributed by atoms with Crippen molar-refractivity contribution in [3.8, 4) is 0 Å². The molecule has 0 saturated carbocycles. The monoisotopic (exact) mass is 451 g/mol. The van der Waals surface area contributed by atoms with Crippen molar-refractivity contribution in [2.75, 3.05) is 19.0 Å². The van der Waals surface area contributed by atoms with Gasteiger partial charge in [0.15, 0.2) is 0 Å². The van der Waals surface area contributed by atoms with E-state index in [0.29, 0.717) is 5.56 Å². The number of alkyl halides is 3. The van der Waals surface area contributed by atoms with E-state index in [0.717, 1.165) is 0 Å². The van der Waals surface area contributed by atoms with Gasteiger partial charge in [0.2, 0.25) is 5.91 Å². The van der Waals surface area contributed by atoms with Crippen LogP contribution in [0.25, 0.3) is 10.9 Å². The smallest absolute Gasteiger partial charge is 0.375 e. The van der Waals surface area contributed by atoms with E-state index in [-0.39, 0.29) is 51.3 Å². The number of H-pyrrole nitrogens is 1. The average molecular weight is 452 g/mol. The molecule has 1 atom stereocenters. The zero-order chi connectivity index (χ0) is 21.7. The van der Waals surface area contributed by atoms with Gasteiger partial charge in [-0.25, -0.2) is 0 Å². The molecule has 0 fully saturated rings. The number of nitrogens with zero attached hydrogens (tertiary/aromatic N) is 1. The fourth-order valence-corrected chi connectivity index (χ4v) is 3.77. The number of hydrogen-bond donors (Lipinski definition) is 2. The lowest BCUT2D eigenvalue weighted by Gasteiger charge is -2.22. The first-order valence-electron chi connectivity index (χ1n) is 8.20. The molecule has 0 saturated heterocycles. The number of pyridine rings is 1. The summed E-state index contributed by atoms with van der Waals surface area (Å²) >= 11 is 12.2. The lowest BCUT2D eigenvalue weighted by atomic mass is 10.0. The number of nitrogens with one attached hydrogen (secondary N) is 2. The molecule has 7 nitrogen and oxygen atoms in total. The van der Waals surface area contributed by atoms with E-state index >= 15 is 0 Å². The SMILES string of the molecule is COCC(=O)N1Cc2c(c3cc(NC(=O)C(F)(F)F)c(Cl)c(Cl)c3[nH]c2=O)[C@@H]1C. The Hall–Kier alpha value is -2.30. The van der Waals surface area contributed by atoms with Crippen molar-refractivity contribution in [2.45, 2.75) is 25.7 Å². The molecule has 2 aromatic rings. The zero-order valence-electron chi connectivity index (χ0n) is 15.0. The van der Waals surface area contributed by atoms with Crippen LogP contribution in [0.3, 0.4) is 0 Å². The van der Waals surface area contributed by atoms with E-state index in [9.17, 15) is 27.6 Å². The summed E-state index contributed by atoms with van der Waals surface area (Å²) in [5, 5.41) is 1.37. The highest BCUT2D eigenvalue weighted by Crippen LogP contribution is 2.42. The number of carbonyl (C=O) groups excluding carboxylic acids is 2. The van der Waals surface area contributed by atoms with Crippen molar-refractivity contribution in [3.05, 3.63) is 37.6 Å². The highest BCUT2D eigenvalue weighted by molar-refractivity contribution is 6.47. The number of carbonyl (C=O) groups is 2. The van der Waals surface area contributed by atoms with Gasteiger partial charge in [0.1, 0.15) is 6.61 Å². The maximum Gasteiger partial charge on any atom is 0.471 e.